The van der Waals surface area contributed by atoms with Gasteiger partial charge in [0.15, 0.2) is 0 Å². The number of halogens is 1. The predicted molar refractivity (Wildman–Crippen MR) is 67.2 cm³/mol. The molecule has 0 radical (unpaired) electrons. The van der Waals surface area contributed by atoms with E-state index in [1.165, 1.54) is 6.07 Å². The Morgan fingerprint density at radius 1 is 1.25 bits per heavy atom. The van der Waals surface area contributed by atoms with Gasteiger partial charge in [0.25, 0.3) is 0 Å². The molecule has 0 fully saturated rings. The highest BCUT2D eigenvalue weighted by Crippen LogP contribution is 2.15. The molecule has 0 aliphatic heterocycles. The van der Waals surface area contributed by atoms with Crippen LogP contribution in [0.25, 0.3) is 0 Å². The molecule has 3 heteroatoms. The molecule has 0 atom stereocenters. The van der Waals surface area contributed by atoms with Gasteiger partial charge in [-0.15, -0.1) is 0 Å². The number of hydrogen-bond donors (Lipinski definition) is 1. The average molecular weight is 224 g/mol. The second-order valence-electron chi connectivity index (χ2n) is 3.91. The maximum absolute atomic E-state index is 13.1. The fourth-order valence-corrected chi connectivity index (χ4v) is 1.77. The fraction of sp³-hybridized carbons (Fsp3) is 0.538. The molecule has 0 saturated heterocycles. The van der Waals surface area contributed by atoms with Crippen molar-refractivity contribution in [3.8, 4) is 0 Å². The Morgan fingerprint density at radius 2 is 2.06 bits per heavy atom. The van der Waals surface area contributed by atoms with Gasteiger partial charge in [0.2, 0.25) is 0 Å². The standard InChI is InChI=1S/C13H21FN2/c1-2-16(10-5-3-4-9-15)13-8-6-7-12(14)11-13/h6-8,11H,2-5,9-10,15H2,1H3. The molecule has 0 aliphatic carbocycles. The number of unbranched alkanes of at least 4 members (excludes halogenated alkanes) is 2. The van der Waals surface area contributed by atoms with E-state index < -0.39 is 0 Å². The third-order valence-corrected chi connectivity index (χ3v) is 2.69. The summed E-state index contributed by atoms with van der Waals surface area (Å²) in [5.41, 5.74) is 6.41. The summed E-state index contributed by atoms with van der Waals surface area (Å²) in [5.74, 6) is -0.169. The highest BCUT2D eigenvalue weighted by atomic mass is 19.1. The summed E-state index contributed by atoms with van der Waals surface area (Å²) >= 11 is 0. The molecule has 2 nitrogen and oxygen atoms in total. The van der Waals surface area contributed by atoms with E-state index in [0.717, 1.165) is 44.6 Å². The van der Waals surface area contributed by atoms with E-state index in [1.54, 1.807) is 12.1 Å². The van der Waals surface area contributed by atoms with Gasteiger partial charge in [-0.25, -0.2) is 4.39 Å². The first-order valence-electron chi connectivity index (χ1n) is 5.98. The van der Waals surface area contributed by atoms with Gasteiger partial charge in [0.1, 0.15) is 5.82 Å². The molecular formula is C13H21FN2. The number of hydrogen-bond acceptors (Lipinski definition) is 2. The summed E-state index contributed by atoms with van der Waals surface area (Å²) in [4.78, 5) is 2.19. The third kappa shape index (κ3) is 4.19. The van der Waals surface area contributed by atoms with E-state index in [0.29, 0.717) is 0 Å². The van der Waals surface area contributed by atoms with Crippen LogP contribution in [0, 0.1) is 5.82 Å². The molecule has 0 bridgehead atoms. The first-order chi connectivity index (χ1) is 7.77. The van der Waals surface area contributed by atoms with Gasteiger partial charge in [-0.2, -0.15) is 0 Å². The molecule has 16 heavy (non-hydrogen) atoms. The van der Waals surface area contributed by atoms with Crippen molar-refractivity contribution >= 4 is 5.69 Å². The minimum Gasteiger partial charge on any atom is -0.372 e. The molecule has 0 aromatic heterocycles. The number of benzene rings is 1. The molecule has 90 valence electrons. The number of rotatable bonds is 7. The zero-order valence-corrected chi connectivity index (χ0v) is 9.95. The molecule has 0 amide bonds. The SMILES string of the molecule is CCN(CCCCCN)c1cccc(F)c1. The number of nitrogens with two attached hydrogens (primary N) is 1. The maximum atomic E-state index is 13.1. The summed E-state index contributed by atoms with van der Waals surface area (Å²) in [5, 5.41) is 0. The molecule has 0 heterocycles. The largest absolute Gasteiger partial charge is 0.372 e. The zero-order chi connectivity index (χ0) is 11.8. The van der Waals surface area contributed by atoms with Gasteiger partial charge in [-0.1, -0.05) is 12.5 Å². The van der Waals surface area contributed by atoms with Gasteiger partial charge in [-0.05, 0) is 44.5 Å². The summed E-state index contributed by atoms with van der Waals surface area (Å²) in [6, 6.07) is 6.78. The molecular weight excluding hydrogens is 203 g/mol. The van der Waals surface area contributed by atoms with Gasteiger partial charge < -0.3 is 10.6 Å². The lowest BCUT2D eigenvalue weighted by Crippen LogP contribution is -2.24. The summed E-state index contributed by atoms with van der Waals surface area (Å²) in [6.07, 6.45) is 3.32. The lowest BCUT2D eigenvalue weighted by Gasteiger charge is -2.23. The van der Waals surface area contributed by atoms with Crippen molar-refractivity contribution in [2.45, 2.75) is 26.2 Å². The van der Waals surface area contributed by atoms with Crippen molar-refractivity contribution in [3.05, 3.63) is 30.1 Å². The topological polar surface area (TPSA) is 29.3 Å². The van der Waals surface area contributed by atoms with Crippen molar-refractivity contribution in [2.75, 3.05) is 24.5 Å². The predicted octanol–water partition coefficient (Wildman–Crippen LogP) is 2.78. The number of nitrogens with zero attached hydrogens (tertiary/aromatic N) is 1. The minimum atomic E-state index is -0.169. The van der Waals surface area contributed by atoms with Crippen molar-refractivity contribution < 1.29 is 4.39 Å². The van der Waals surface area contributed by atoms with Crippen LogP contribution in [-0.4, -0.2) is 19.6 Å². The van der Waals surface area contributed by atoms with E-state index in [-0.39, 0.29) is 5.82 Å². The smallest absolute Gasteiger partial charge is 0.125 e. The maximum Gasteiger partial charge on any atom is 0.125 e. The minimum absolute atomic E-state index is 0.169. The first-order valence-corrected chi connectivity index (χ1v) is 5.98. The van der Waals surface area contributed by atoms with E-state index in [4.69, 9.17) is 5.73 Å². The molecule has 1 rings (SSSR count). The van der Waals surface area contributed by atoms with Gasteiger partial charge in [0.05, 0.1) is 0 Å². The highest BCUT2D eigenvalue weighted by molar-refractivity contribution is 5.46. The number of anilines is 1. The molecule has 2 N–H and O–H groups in total. The summed E-state index contributed by atoms with van der Waals surface area (Å²) < 4.78 is 13.1. The van der Waals surface area contributed by atoms with Crippen LogP contribution in [0.5, 0.6) is 0 Å². The van der Waals surface area contributed by atoms with Crippen molar-refractivity contribution in [1.82, 2.24) is 0 Å². The third-order valence-electron chi connectivity index (χ3n) is 2.69. The van der Waals surface area contributed by atoms with Crippen LogP contribution in [0.3, 0.4) is 0 Å². The molecule has 0 aliphatic rings. The van der Waals surface area contributed by atoms with Crippen molar-refractivity contribution in [2.24, 2.45) is 5.73 Å². The van der Waals surface area contributed by atoms with Crippen molar-refractivity contribution in [1.29, 1.82) is 0 Å². The van der Waals surface area contributed by atoms with Crippen LogP contribution >= 0.6 is 0 Å². The van der Waals surface area contributed by atoms with Gasteiger partial charge in [-0.3, -0.25) is 0 Å². The lowest BCUT2D eigenvalue weighted by molar-refractivity contribution is 0.624. The zero-order valence-electron chi connectivity index (χ0n) is 9.95. The molecule has 0 unspecified atom stereocenters. The van der Waals surface area contributed by atoms with Crippen LogP contribution in [0.15, 0.2) is 24.3 Å². The van der Waals surface area contributed by atoms with Crippen LogP contribution in [0.4, 0.5) is 10.1 Å². The second-order valence-corrected chi connectivity index (χ2v) is 3.91. The Balaban J connectivity index is 2.47. The van der Waals surface area contributed by atoms with Crippen LogP contribution in [-0.2, 0) is 0 Å². The van der Waals surface area contributed by atoms with Gasteiger partial charge in [0, 0.05) is 18.8 Å². The quantitative estimate of drug-likeness (QED) is 0.722. The Bertz CT molecular complexity index is 302. The van der Waals surface area contributed by atoms with E-state index >= 15 is 0 Å². The Hall–Kier alpha value is -1.09. The van der Waals surface area contributed by atoms with Crippen LogP contribution < -0.4 is 10.6 Å². The van der Waals surface area contributed by atoms with Crippen molar-refractivity contribution in [3.63, 3.8) is 0 Å². The van der Waals surface area contributed by atoms with E-state index in [9.17, 15) is 4.39 Å². The first kappa shape index (κ1) is 13.0. The normalized spacial score (nSPS) is 10.4. The Morgan fingerprint density at radius 3 is 2.69 bits per heavy atom. The molecule has 0 spiro atoms. The summed E-state index contributed by atoms with van der Waals surface area (Å²) in [6.45, 7) is 4.73. The fourth-order valence-electron chi connectivity index (χ4n) is 1.77. The molecule has 1 aromatic carbocycles. The van der Waals surface area contributed by atoms with Crippen LogP contribution in [0.1, 0.15) is 26.2 Å². The average Bonchev–Trinajstić information content (AvgIpc) is 2.29. The van der Waals surface area contributed by atoms with Crippen LogP contribution in [0.2, 0.25) is 0 Å². The summed E-state index contributed by atoms with van der Waals surface area (Å²) in [7, 11) is 0. The monoisotopic (exact) mass is 224 g/mol. The van der Waals surface area contributed by atoms with E-state index in [1.807, 2.05) is 6.07 Å². The Labute approximate surface area is 97.3 Å². The molecule has 1 aromatic rings. The Kier molecular flexibility index (Phi) is 5.86. The highest BCUT2D eigenvalue weighted by Gasteiger charge is 2.04. The van der Waals surface area contributed by atoms with Gasteiger partial charge >= 0.3 is 0 Å². The molecule has 0 saturated carbocycles. The lowest BCUT2D eigenvalue weighted by atomic mass is 10.2. The second kappa shape index (κ2) is 7.23. The van der Waals surface area contributed by atoms with E-state index in [2.05, 4.69) is 11.8 Å².